The van der Waals surface area contributed by atoms with Crippen LogP contribution in [0.5, 0.6) is 0 Å². The molecule has 0 radical (unpaired) electrons. The zero-order chi connectivity index (χ0) is 13.4. The van der Waals surface area contributed by atoms with Gasteiger partial charge in [-0.15, -0.1) is 11.3 Å². The number of thiophene rings is 1. The first-order chi connectivity index (χ1) is 8.63. The molecule has 1 heterocycles. The Morgan fingerprint density at radius 2 is 2.22 bits per heavy atom. The van der Waals surface area contributed by atoms with Gasteiger partial charge in [0.05, 0.1) is 4.88 Å². The van der Waals surface area contributed by atoms with Crippen molar-refractivity contribution < 1.29 is 14.3 Å². The molecule has 6 nitrogen and oxygen atoms in total. The smallest absolute Gasteiger partial charge is 0.267 e. The van der Waals surface area contributed by atoms with Crippen LogP contribution in [0.4, 0.5) is 0 Å². The second-order valence-electron chi connectivity index (χ2n) is 3.07. The van der Waals surface area contributed by atoms with Crippen LogP contribution in [-0.2, 0) is 9.53 Å². The van der Waals surface area contributed by atoms with Crippen LogP contribution in [0.3, 0.4) is 0 Å². The molecule has 98 valence electrons. The predicted molar refractivity (Wildman–Crippen MR) is 72.2 cm³/mol. The summed E-state index contributed by atoms with van der Waals surface area (Å²) in [5, 5.41) is 4.24. The second kappa shape index (κ2) is 7.75. The number of ether oxygens (including phenoxy) is 1. The number of nitrogens with one attached hydrogen (secondary N) is 3. The number of hydrazine groups is 1. The van der Waals surface area contributed by atoms with Crippen molar-refractivity contribution in [2.75, 3.05) is 13.2 Å². The van der Waals surface area contributed by atoms with Gasteiger partial charge in [-0.25, -0.2) is 0 Å². The lowest BCUT2D eigenvalue weighted by molar-refractivity contribution is -0.126. The number of thiocarbonyl (C=S) groups is 1. The van der Waals surface area contributed by atoms with Crippen LogP contribution in [0.15, 0.2) is 17.5 Å². The third-order valence-electron chi connectivity index (χ3n) is 1.72. The van der Waals surface area contributed by atoms with Gasteiger partial charge < -0.3 is 4.74 Å². The van der Waals surface area contributed by atoms with Crippen LogP contribution in [0.2, 0.25) is 0 Å². The summed E-state index contributed by atoms with van der Waals surface area (Å²) in [5.41, 5.74) is 4.71. The van der Waals surface area contributed by atoms with E-state index < -0.39 is 0 Å². The van der Waals surface area contributed by atoms with Crippen molar-refractivity contribution in [2.45, 2.75) is 6.92 Å². The fourth-order valence-electron chi connectivity index (χ4n) is 0.961. The van der Waals surface area contributed by atoms with Crippen molar-refractivity contribution in [3.8, 4) is 0 Å². The van der Waals surface area contributed by atoms with Crippen LogP contribution < -0.4 is 16.2 Å². The van der Waals surface area contributed by atoms with E-state index in [-0.39, 0.29) is 23.5 Å². The molecular weight excluding hydrogens is 274 g/mol. The van der Waals surface area contributed by atoms with Gasteiger partial charge in [-0.05, 0) is 30.6 Å². The van der Waals surface area contributed by atoms with Gasteiger partial charge >= 0.3 is 0 Å². The Labute approximate surface area is 114 Å². The number of rotatable bonds is 4. The van der Waals surface area contributed by atoms with Gasteiger partial charge in [-0.1, -0.05) is 6.07 Å². The van der Waals surface area contributed by atoms with E-state index in [9.17, 15) is 9.59 Å². The summed E-state index contributed by atoms with van der Waals surface area (Å²) in [6.45, 7) is 2.17. The average molecular weight is 287 g/mol. The Hall–Kier alpha value is -1.51. The third-order valence-corrected chi connectivity index (χ3v) is 2.80. The predicted octanol–water partition coefficient (Wildman–Crippen LogP) is 0.420. The molecule has 0 aliphatic rings. The number of hydrogen-bond donors (Lipinski definition) is 3. The molecule has 0 spiro atoms. The minimum Gasteiger partial charge on any atom is -0.372 e. The molecule has 18 heavy (non-hydrogen) atoms. The Morgan fingerprint density at radius 3 is 2.83 bits per heavy atom. The van der Waals surface area contributed by atoms with E-state index in [1.54, 1.807) is 24.4 Å². The highest BCUT2D eigenvalue weighted by molar-refractivity contribution is 7.80. The molecule has 0 aromatic carbocycles. The lowest BCUT2D eigenvalue weighted by Crippen LogP contribution is -2.49. The van der Waals surface area contributed by atoms with Gasteiger partial charge in [0.1, 0.15) is 6.61 Å². The third kappa shape index (κ3) is 5.21. The zero-order valence-electron chi connectivity index (χ0n) is 9.69. The summed E-state index contributed by atoms with van der Waals surface area (Å²) in [4.78, 5) is 23.3. The van der Waals surface area contributed by atoms with Gasteiger partial charge in [0.2, 0.25) is 0 Å². The van der Waals surface area contributed by atoms with E-state index in [1.165, 1.54) is 11.3 Å². The van der Waals surface area contributed by atoms with Crippen molar-refractivity contribution in [2.24, 2.45) is 0 Å². The molecule has 1 rings (SSSR count). The normalized spacial score (nSPS) is 9.61. The standard InChI is InChI=1S/C10H13N3O3S2/c1-2-16-6-8(14)12-13-10(17)11-9(15)7-4-3-5-18-7/h3-5H,2,6H2,1H3,(H,12,14)(H2,11,13,15,17). The molecule has 1 aromatic heterocycles. The fraction of sp³-hybridized carbons (Fsp3) is 0.300. The monoisotopic (exact) mass is 287 g/mol. The van der Waals surface area contributed by atoms with Gasteiger partial charge in [0.25, 0.3) is 11.8 Å². The molecular formula is C10H13N3O3S2. The average Bonchev–Trinajstić information content (AvgIpc) is 2.87. The van der Waals surface area contributed by atoms with Gasteiger partial charge in [-0.2, -0.15) is 0 Å². The van der Waals surface area contributed by atoms with Crippen molar-refractivity contribution in [3.05, 3.63) is 22.4 Å². The Balaban J connectivity index is 2.25. The summed E-state index contributed by atoms with van der Waals surface area (Å²) in [7, 11) is 0. The Kier molecular flexibility index (Phi) is 6.26. The molecule has 2 amide bonds. The highest BCUT2D eigenvalue weighted by Crippen LogP contribution is 2.07. The van der Waals surface area contributed by atoms with E-state index in [2.05, 4.69) is 16.2 Å². The highest BCUT2D eigenvalue weighted by atomic mass is 32.1. The fourth-order valence-corrected chi connectivity index (χ4v) is 1.72. The van der Waals surface area contributed by atoms with E-state index in [4.69, 9.17) is 17.0 Å². The van der Waals surface area contributed by atoms with Crippen molar-refractivity contribution >= 4 is 40.5 Å². The number of carbonyl (C=O) groups is 2. The Bertz CT molecular complexity index is 420. The molecule has 0 unspecified atom stereocenters. The van der Waals surface area contributed by atoms with E-state index >= 15 is 0 Å². The molecule has 0 bridgehead atoms. The van der Waals surface area contributed by atoms with Crippen molar-refractivity contribution in [1.82, 2.24) is 16.2 Å². The summed E-state index contributed by atoms with van der Waals surface area (Å²) in [6.07, 6.45) is 0. The van der Waals surface area contributed by atoms with Gasteiger partial charge in [-0.3, -0.25) is 25.8 Å². The number of carbonyl (C=O) groups excluding carboxylic acids is 2. The highest BCUT2D eigenvalue weighted by Gasteiger charge is 2.08. The maximum Gasteiger partial charge on any atom is 0.267 e. The first kappa shape index (κ1) is 14.6. The lowest BCUT2D eigenvalue weighted by atomic mass is 10.4. The van der Waals surface area contributed by atoms with Crippen molar-refractivity contribution in [3.63, 3.8) is 0 Å². The van der Waals surface area contributed by atoms with Gasteiger partial charge in [0.15, 0.2) is 5.11 Å². The maximum atomic E-state index is 11.6. The molecule has 0 aliphatic carbocycles. The Morgan fingerprint density at radius 1 is 1.44 bits per heavy atom. The van der Waals surface area contributed by atoms with Crippen LogP contribution in [-0.4, -0.2) is 30.1 Å². The zero-order valence-corrected chi connectivity index (χ0v) is 11.3. The minimum absolute atomic E-state index is 0.0262. The molecule has 0 saturated heterocycles. The van der Waals surface area contributed by atoms with Crippen LogP contribution in [0.25, 0.3) is 0 Å². The van der Waals surface area contributed by atoms with Crippen LogP contribution >= 0.6 is 23.6 Å². The minimum atomic E-state index is -0.371. The topological polar surface area (TPSA) is 79.5 Å². The largest absolute Gasteiger partial charge is 0.372 e. The van der Waals surface area contributed by atoms with E-state index in [0.29, 0.717) is 11.5 Å². The first-order valence-electron chi connectivity index (χ1n) is 5.15. The molecule has 0 atom stereocenters. The SMILES string of the molecule is CCOCC(=O)NNC(=S)NC(=O)c1cccs1. The summed E-state index contributed by atoms with van der Waals surface area (Å²) in [6, 6.07) is 3.44. The van der Waals surface area contributed by atoms with Gasteiger partial charge in [0, 0.05) is 6.61 Å². The van der Waals surface area contributed by atoms with Crippen molar-refractivity contribution in [1.29, 1.82) is 0 Å². The molecule has 3 N–H and O–H groups in total. The summed E-state index contributed by atoms with van der Waals surface area (Å²) < 4.78 is 4.89. The maximum absolute atomic E-state index is 11.6. The first-order valence-corrected chi connectivity index (χ1v) is 6.43. The summed E-state index contributed by atoms with van der Waals surface area (Å²) >= 11 is 6.14. The van der Waals surface area contributed by atoms with Crippen LogP contribution in [0, 0.1) is 0 Å². The number of amides is 2. The van der Waals surface area contributed by atoms with E-state index in [1.807, 2.05) is 0 Å². The lowest BCUT2D eigenvalue weighted by Gasteiger charge is -2.09. The van der Waals surface area contributed by atoms with Crippen LogP contribution in [0.1, 0.15) is 16.6 Å². The number of hydrogen-bond acceptors (Lipinski definition) is 5. The second-order valence-corrected chi connectivity index (χ2v) is 4.43. The molecule has 0 fully saturated rings. The molecule has 0 aliphatic heterocycles. The molecule has 8 heteroatoms. The summed E-state index contributed by atoms with van der Waals surface area (Å²) in [5.74, 6) is -0.689. The molecule has 0 saturated carbocycles. The van der Waals surface area contributed by atoms with E-state index in [0.717, 1.165) is 0 Å². The quantitative estimate of drug-likeness (QED) is 0.552. The molecule has 1 aromatic rings.